The summed E-state index contributed by atoms with van der Waals surface area (Å²) < 4.78 is 37.2. The maximum Gasteiger partial charge on any atom is 0.401 e. The molecule has 114 valence electrons. The Bertz CT molecular complexity index is 376. The van der Waals surface area contributed by atoms with Gasteiger partial charge in [-0.3, -0.25) is 4.90 Å². The molecule has 1 atom stereocenters. The number of halogens is 3. The van der Waals surface area contributed by atoms with E-state index in [-0.39, 0.29) is 24.7 Å². The topological polar surface area (TPSA) is 35.6 Å². The van der Waals surface area contributed by atoms with Crippen molar-refractivity contribution in [2.75, 3.05) is 26.2 Å². The highest BCUT2D eigenvalue weighted by molar-refractivity contribution is 5.74. The number of carbonyl (C=O) groups excluding carboxylic acids is 1. The standard InChI is InChI=1S/C13H20F3N3O/c1-10-8-18(6-7-19(10)9-13(14,15)16)12(20)17-11-4-2-3-5-11/h2-3,10-11H,4-9H2,1H3,(H,17,20). The largest absolute Gasteiger partial charge is 0.401 e. The molecular weight excluding hydrogens is 271 g/mol. The minimum atomic E-state index is -4.19. The zero-order valence-corrected chi connectivity index (χ0v) is 11.5. The Balaban J connectivity index is 1.80. The predicted octanol–water partition coefficient (Wildman–Crippen LogP) is 1.98. The second-order valence-corrected chi connectivity index (χ2v) is 5.47. The SMILES string of the molecule is CC1CN(C(=O)NC2CC=CC2)CCN1CC(F)(F)F. The highest BCUT2D eigenvalue weighted by Crippen LogP contribution is 2.20. The number of nitrogens with one attached hydrogen (secondary N) is 1. The fourth-order valence-electron chi connectivity index (χ4n) is 2.65. The van der Waals surface area contributed by atoms with Crippen molar-refractivity contribution in [3.8, 4) is 0 Å². The fraction of sp³-hybridized carbons (Fsp3) is 0.769. The van der Waals surface area contributed by atoms with Crippen LogP contribution in [0.3, 0.4) is 0 Å². The van der Waals surface area contributed by atoms with Crippen LogP contribution in [0.25, 0.3) is 0 Å². The van der Waals surface area contributed by atoms with Gasteiger partial charge in [-0.15, -0.1) is 0 Å². The molecule has 1 unspecified atom stereocenters. The Morgan fingerprint density at radius 2 is 1.95 bits per heavy atom. The van der Waals surface area contributed by atoms with E-state index in [1.165, 1.54) is 4.90 Å². The van der Waals surface area contributed by atoms with E-state index >= 15 is 0 Å². The second kappa shape index (κ2) is 6.03. The zero-order chi connectivity index (χ0) is 14.8. The van der Waals surface area contributed by atoms with Crippen molar-refractivity contribution in [3.63, 3.8) is 0 Å². The van der Waals surface area contributed by atoms with Gasteiger partial charge in [0.1, 0.15) is 0 Å². The van der Waals surface area contributed by atoms with Gasteiger partial charge in [0.2, 0.25) is 0 Å². The first-order valence-corrected chi connectivity index (χ1v) is 6.86. The summed E-state index contributed by atoms with van der Waals surface area (Å²) in [5.41, 5.74) is 0. The van der Waals surface area contributed by atoms with E-state index in [1.54, 1.807) is 11.8 Å². The maximum absolute atomic E-state index is 12.4. The number of urea groups is 1. The van der Waals surface area contributed by atoms with Crippen molar-refractivity contribution in [1.29, 1.82) is 0 Å². The first kappa shape index (κ1) is 15.2. The summed E-state index contributed by atoms with van der Waals surface area (Å²) in [6, 6.07) is -0.318. The summed E-state index contributed by atoms with van der Waals surface area (Å²) in [7, 11) is 0. The van der Waals surface area contributed by atoms with Gasteiger partial charge in [-0.25, -0.2) is 4.79 Å². The third-order valence-electron chi connectivity index (χ3n) is 3.77. The molecule has 1 aliphatic carbocycles. The molecule has 2 aliphatic rings. The van der Waals surface area contributed by atoms with Gasteiger partial charge < -0.3 is 10.2 Å². The Kier molecular flexibility index (Phi) is 4.57. The molecule has 0 saturated carbocycles. The van der Waals surface area contributed by atoms with Gasteiger partial charge in [0.15, 0.2) is 0 Å². The Morgan fingerprint density at radius 1 is 1.30 bits per heavy atom. The summed E-state index contributed by atoms with van der Waals surface area (Å²) in [5.74, 6) is 0. The number of amides is 2. The minimum Gasteiger partial charge on any atom is -0.335 e. The zero-order valence-electron chi connectivity index (χ0n) is 11.5. The van der Waals surface area contributed by atoms with Crippen LogP contribution in [0.1, 0.15) is 19.8 Å². The molecule has 1 saturated heterocycles. The van der Waals surface area contributed by atoms with Crippen LogP contribution in [0.4, 0.5) is 18.0 Å². The first-order chi connectivity index (χ1) is 9.35. The molecule has 0 spiro atoms. The van der Waals surface area contributed by atoms with Crippen molar-refractivity contribution in [1.82, 2.24) is 15.1 Å². The van der Waals surface area contributed by atoms with Crippen molar-refractivity contribution < 1.29 is 18.0 Å². The molecule has 2 rings (SSSR count). The van der Waals surface area contributed by atoms with E-state index in [1.807, 2.05) is 12.2 Å². The van der Waals surface area contributed by atoms with Gasteiger partial charge in [0, 0.05) is 31.7 Å². The highest BCUT2D eigenvalue weighted by atomic mass is 19.4. The monoisotopic (exact) mass is 291 g/mol. The molecule has 1 heterocycles. The van der Waals surface area contributed by atoms with Gasteiger partial charge in [-0.2, -0.15) is 13.2 Å². The molecular formula is C13H20F3N3O. The summed E-state index contributed by atoms with van der Waals surface area (Å²) in [5, 5.41) is 2.92. The maximum atomic E-state index is 12.4. The molecule has 0 aromatic carbocycles. The van der Waals surface area contributed by atoms with E-state index in [0.717, 1.165) is 12.8 Å². The number of carbonyl (C=O) groups is 1. The number of alkyl halides is 3. The fourth-order valence-corrected chi connectivity index (χ4v) is 2.65. The molecule has 20 heavy (non-hydrogen) atoms. The lowest BCUT2D eigenvalue weighted by Gasteiger charge is -2.40. The number of nitrogens with zero attached hydrogens (tertiary/aromatic N) is 2. The molecule has 0 aromatic rings. The molecule has 1 fully saturated rings. The molecule has 0 aromatic heterocycles. The van der Waals surface area contributed by atoms with Gasteiger partial charge in [-0.05, 0) is 19.8 Å². The summed E-state index contributed by atoms with van der Waals surface area (Å²) >= 11 is 0. The first-order valence-electron chi connectivity index (χ1n) is 6.86. The van der Waals surface area contributed by atoms with E-state index < -0.39 is 12.7 Å². The third-order valence-corrected chi connectivity index (χ3v) is 3.77. The van der Waals surface area contributed by atoms with E-state index in [4.69, 9.17) is 0 Å². The number of hydrogen-bond donors (Lipinski definition) is 1. The molecule has 0 bridgehead atoms. The average Bonchev–Trinajstić information content (AvgIpc) is 2.83. The van der Waals surface area contributed by atoms with Crippen LogP contribution in [0.5, 0.6) is 0 Å². The van der Waals surface area contributed by atoms with Crippen LogP contribution in [0, 0.1) is 0 Å². The van der Waals surface area contributed by atoms with Gasteiger partial charge in [0.25, 0.3) is 0 Å². The van der Waals surface area contributed by atoms with Gasteiger partial charge in [0.05, 0.1) is 6.54 Å². The molecule has 1 aliphatic heterocycles. The smallest absolute Gasteiger partial charge is 0.335 e. The number of hydrogen-bond acceptors (Lipinski definition) is 2. The van der Waals surface area contributed by atoms with Crippen LogP contribution < -0.4 is 5.32 Å². The lowest BCUT2D eigenvalue weighted by atomic mass is 10.2. The molecule has 4 nitrogen and oxygen atoms in total. The highest BCUT2D eigenvalue weighted by Gasteiger charge is 2.36. The molecule has 7 heteroatoms. The van der Waals surface area contributed by atoms with Gasteiger partial charge >= 0.3 is 12.2 Å². The van der Waals surface area contributed by atoms with E-state index in [9.17, 15) is 18.0 Å². The van der Waals surface area contributed by atoms with Crippen molar-refractivity contribution >= 4 is 6.03 Å². The average molecular weight is 291 g/mol. The summed E-state index contributed by atoms with van der Waals surface area (Å²) in [4.78, 5) is 15.0. The van der Waals surface area contributed by atoms with Crippen LogP contribution in [0.2, 0.25) is 0 Å². The minimum absolute atomic E-state index is 0.131. The molecule has 2 amide bonds. The van der Waals surface area contributed by atoms with Crippen molar-refractivity contribution in [2.24, 2.45) is 0 Å². The van der Waals surface area contributed by atoms with Crippen molar-refractivity contribution in [3.05, 3.63) is 12.2 Å². The lowest BCUT2D eigenvalue weighted by Crippen LogP contribution is -2.58. The molecule has 0 radical (unpaired) electrons. The number of rotatable bonds is 2. The van der Waals surface area contributed by atoms with E-state index in [2.05, 4.69) is 5.32 Å². The quantitative estimate of drug-likeness (QED) is 0.790. The Hall–Kier alpha value is -1.24. The normalized spacial score (nSPS) is 25.2. The second-order valence-electron chi connectivity index (χ2n) is 5.47. The predicted molar refractivity (Wildman–Crippen MR) is 69.4 cm³/mol. The van der Waals surface area contributed by atoms with Crippen LogP contribution in [0.15, 0.2) is 12.2 Å². The Labute approximate surface area is 116 Å². The lowest BCUT2D eigenvalue weighted by molar-refractivity contribution is -0.153. The summed E-state index contributed by atoms with van der Waals surface area (Å²) in [6.07, 6.45) is 1.52. The van der Waals surface area contributed by atoms with Crippen molar-refractivity contribution in [2.45, 2.75) is 38.0 Å². The molecule has 1 N–H and O–H groups in total. The van der Waals surface area contributed by atoms with Crippen LogP contribution in [-0.2, 0) is 0 Å². The van der Waals surface area contributed by atoms with Crippen LogP contribution in [-0.4, -0.2) is 60.3 Å². The number of piperazine rings is 1. The third kappa shape index (κ3) is 4.13. The summed E-state index contributed by atoms with van der Waals surface area (Å²) in [6.45, 7) is 1.75. The van der Waals surface area contributed by atoms with E-state index in [0.29, 0.717) is 13.1 Å². The van der Waals surface area contributed by atoms with Gasteiger partial charge in [-0.1, -0.05) is 12.2 Å². The Morgan fingerprint density at radius 3 is 2.50 bits per heavy atom. The van der Waals surface area contributed by atoms with Crippen LogP contribution >= 0.6 is 0 Å².